The third kappa shape index (κ3) is 5.85. The Balaban J connectivity index is 3.28. The van der Waals surface area contributed by atoms with Crippen LogP contribution in [0.1, 0.15) is 33.6 Å². The van der Waals surface area contributed by atoms with Crippen molar-refractivity contribution in [3.05, 3.63) is 0 Å². The Morgan fingerprint density at radius 1 is 1.36 bits per heavy atom. The average molecular weight is 160 g/mol. The molecule has 0 amide bonds. The van der Waals surface area contributed by atoms with Gasteiger partial charge < -0.3 is 9.47 Å². The first-order valence-electron chi connectivity index (χ1n) is 3.95. The van der Waals surface area contributed by atoms with Crippen LogP contribution in [0, 0.1) is 0 Å². The fraction of sp³-hybridized carbons (Fsp3) is 0.875. The number of ether oxygens (including phenoxy) is 2. The molecule has 0 aromatic rings. The summed E-state index contributed by atoms with van der Waals surface area (Å²) in [6.45, 7) is 5.54. The molecule has 0 aliphatic carbocycles. The molecule has 0 aromatic heterocycles. The quantitative estimate of drug-likeness (QED) is 0.453. The maximum atomic E-state index is 10.3. The molecule has 0 heterocycles. The van der Waals surface area contributed by atoms with Crippen LogP contribution in [0.4, 0.5) is 0 Å². The zero-order chi connectivity index (χ0) is 8.69. The summed E-state index contributed by atoms with van der Waals surface area (Å²) in [6, 6.07) is 0. The summed E-state index contributed by atoms with van der Waals surface area (Å²) in [5.74, 6) is -0.295. The molecule has 3 heteroatoms. The highest BCUT2D eigenvalue weighted by Crippen LogP contribution is 2.01. The molecule has 0 atom stereocenters. The van der Waals surface area contributed by atoms with E-state index in [2.05, 4.69) is 4.74 Å². The van der Waals surface area contributed by atoms with E-state index in [1.165, 1.54) is 6.92 Å². The number of esters is 1. The van der Waals surface area contributed by atoms with E-state index >= 15 is 0 Å². The van der Waals surface area contributed by atoms with E-state index in [0.29, 0.717) is 0 Å². The van der Waals surface area contributed by atoms with Crippen molar-refractivity contribution in [2.24, 2.45) is 0 Å². The van der Waals surface area contributed by atoms with Crippen molar-refractivity contribution in [2.45, 2.75) is 39.7 Å². The van der Waals surface area contributed by atoms with Gasteiger partial charge in [-0.2, -0.15) is 0 Å². The molecular weight excluding hydrogens is 144 g/mol. The Kier molecular flexibility index (Phi) is 5.84. The minimum absolute atomic E-state index is 0.0850. The number of hydrogen-bond donors (Lipinski definition) is 0. The molecule has 0 rings (SSSR count). The Morgan fingerprint density at radius 3 is 2.27 bits per heavy atom. The van der Waals surface area contributed by atoms with E-state index < -0.39 is 0 Å². The standard InChI is InChI=1S/C8H16O3/c1-4-8(5-2)11-6-10-7(3)9/h8H,4-6H2,1-3H3. The minimum Gasteiger partial charge on any atom is -0.439 e. The second-order valence-corrected chi connectivity index (χ2v) is 2.36. The number of rotatable bonds is 5. The molecule has 66 valence electrons. The lowest BCUT2D eigenvalue weighted by Crippen LogP contribution is -2.14. The van der Waals surface area contributed by atoms with Gasteiger partial charge in [0.25, 0.3) is 0 Å². The van der Waals surface area contributed by atoms with Crippen LogP contribution in [0.5, 0.6) is 0 Å². The van der Waals surface area contributed by atoms with E-state index in [4.69, 9.17) is 4.74 Å². The van der Waals surface area contributed by atoms with Crippen LogP contribution >= 0.6 is 0 Å². The Labute approximate surface area is 67.7 Å². The van der Waals surface area contributed by atoms with Gasteiger partial charge in [0.15, 0.2) is 6.79 Å². The summed E-state index contributed by atoms with van der Waals surface area (Å²) in [7, 11) is 0. The first kappa shape index (κ1) is 10.4. The summed E-state index contributed by atoms with van der Waals surface area (Å²) < 4.78 is 9.82. The predicted molar refractivity (Wildman–Crippen MR) is 42.1 cm³/mol. The molecular formula is C8H16O3. The number of carbonyl (C=O) groups is 1. The van der Waals surface area contributed by atoms with Gasteiger partial charge in [0.05, 0.1) is 6.10 Å². The Morgan fingerprint density at radius 2 is 1.91 bits per heavy atom. The van der Waals surface area contributed by atoms with Gasteiger partial charge in [-0.1, -0.05) is 13.8 Å². The first-order valence-corrected chi connectivity index (χ1v) is 3.95. The minimum atomic E-state index is -0.295. The van der Waals surface area contributed by atoms with Gasteiger partial charge in [-0.25, -0.2) is 0 Å². The maximum absolute atomic E-state index is 10.3. The van der Waals surface area contributed by atoms with Crippen LogP contribution in [0.2, 0.25) is 0 Å². The topological polar surface area (TPSA) is 35.5 Å². The lowest BCUT2D eigenvalue weighted by molar-refractivity contribution is -0.158. The van der Waals surface area contributed by atoms with Crippen molar-refractivity contribution in [2.75, 3.05) is 6.79 Å². The molecule has 0 spiro atoms. The third-order valence-corrected chi connectivity index (χ3v) is 1.48. The van der Waals surface area contributed by atoms with Crippen LogP contribution in [0.3, 0.4) is 0 Å². The molecule has 0 aliphatic heterocycles. The summed E-state index contributed by atoms with van der Waals surface area (Å²) in [5.41, 5.74) is 0. The molecule has 0 aliphatic rings. The second-order valence-electron chi connectivity index (χ2n) is 2.36. The van der Waals surface area contributed by atoms with Crippen LogP contribution in [-0.4, -0.2) is 18.9 Å². The molecule has 3 nitrogen and oxygen atoms in total. The van der Waals surface area contributed by atoms with E-state index in [0.717, 1.165) is 12.8 Å². The van der Waals surface area contributed by atoms with Crippen LogP contribution < -0.4 is 0 Å². The molecule has 0 saturated carbocycles. The summed E-state index contributed by atoms with van der Waals surface area (Å²) >= 11 is 0. The summed E-state index contributed by atoms with van der Waals surface area (Å²) in [5, 5.41) is 0. The normalized spacial score (nSPS) is 10.2. The predicted octanol–water partition coefficient (Wildman–Crippen LogP) is 1.71. The zero-order valence-corrected chi connectivity index (χ0v) is 7.42. The molecule has 0 N–H and O–H groups in total. The van der Waals surface area contributed by atoms with E-state index in [1.807, 2.05) is 13.8 Å². The van der Waals surface area contributed by atoms with E-state index in [-0.39, 0.29) is 18.9 Å². The third-order valence-electron chi connectivity index (χ3n) is 1.48. The Hall–Kier alpha value is -0.570. The smallest absolute Gasteiger partial charge is 0.304 e. The van der Waals surface area contributed by atoms with E-state index in [9.17, 15) is 4.79 Å². The molecule has 0 bridgehead atoms. The molecule has 0 unspecified atom stereocenters. The fourth-order valence-corrected chi connectivity index (χ4v) is 0.738. The molecule has 0 aromatic carbocycles. The van der Waals surface area contributed by atoms with Crippen molar-refractivity contribution in [1.29, 1.82) is 0 Å². The molecule has 0 saturated heterocycles. The van der Waals surface area contributed by atoms with Crippen molar-refractivity contribution in [1.82, 2.24) is 0 Å². The van der Waals surface area contributed by atoms with Gasteiger partial charge in [0.2, 0.25) is 0 Å². The zero-order valence-electron chi connectivity index (χ0n) is 7.42. The van der Waals surface area contributed by atoms with E-state index in [1.54, 1.807) is 0 Å². The lowest BCUT2D eigenvalue weighted by Gasteiger charge is -2.12. The average Bonchev–Trinajstić information content (AvgIpc) is 1.98. The van der Waals surface area contributed by atoms with Crippen LogP contribution in [0.15, 0.2) is 0 Å². The van der Waals surface area contributed by atoms with Crippen molar-refractivity contribution < 1.29 is 14.3 Å². The molecule has 11 heavy (non-hydrogen) atoms. The first-order chi connectivity index (χ1) is 5.20. The highest BCUT2D eigenvalue weighted by Gasteiger charge is 2.02. The highest BCUT2D eigenvalue weighted by molar-refractivity contribution is 5.65. The van der Waals surface area contributed by atoms with Crippen molar-refractivity contribution in [3.8, 4) is 0 Å². The molecule has 0 radical (unpaired) electrons. The number of hydrogen-bond acceptors (Lipinski definition) is 3. The van der Waals surface area contributed by atoms with Crippen molar-refractivity contribution in [3.63, 3.8) is 0 Å². The fourth-order valence-electron chi connectivity index (χ4n) is 0.738. The largest absolute Gasteiger partial charge is 0.439 e. The second kappa shape index (κ2) is 6.16. The number of carbonyl (C=O) groups excluding carboxylic acids is 1. The van der Waals surface area contributed by atoms with Crippen molar-refractivity contribution >= 4 is 5.97 Å². The SMILES string of the molecule is CCC(CC)OCOC(C)=O. The van der Waals surface area contributed by atoms with Gasteiger partial charge in [0, 0.05) is 6.92 Å². The van der Waals surface area contributed by atoms with Crippen LogP contribution in [0.25, 0.3) is 0 Å². The van der Waals surface area contributed by atoms with Crippen LogP contribution in [-0.2, 0) is 14.3 Å². The lowest BCUT2D eigenvalue weighted by atomic mass is 10.2. The highest BCUT2D eigenvalue weighted by atomic mass is 16.7. The maximum Gasteiger partial charge on any atom is 0.304 e. The molecule has 0 fully saturated rings. The van der Waals surface area contributed by atoms with Gasteiger partial charge in [-0.15, -0.1) is 0 Å². The summed E-state index contributed by atoms with van der Waals surface area (Å²) in [6.07, 6.45) is 2.13. The monoisotopic (exact) mass is 160 g/mol. The Bertz CT molecular complexity index is 108. The summed E-state index contributed by atoms with van der Waals surface area (Å²) in [4.78, 5) is 10.3. The van der Waals surface area contributed by atoms with Gasteiger partial charge in [-0.05, 0) is 12.8 Å². The van der Waals surface area contributed by atoms with Gasteiger partial charge in [-0.3, -0.25) is 4.79 Å². The van der Waals surface area contributed by atoms with Gasteiger partial charge >= 0.3 is 5.97 Å². The van der Waals surface area contributed by atoms with Gasteiger partial charge in [0.1, 0.15) is 0 Å².